The zero-order valence-corrected chi connectivity index (χ0v) is 21.1. The first-order valence-electron chi connectivity index (χ1n) is 12.0. The molecule has 0 bridgehead atoms. The summed E-state index contributed by atoms with van der Waals surface area (Å²) >= 11 is 1.69. The van der Waals surface area contributed by atoms with E-state index < -0.39 is 0 Å². The van der Waals surface area contributed by atoms with Gasteiger partial charge < -0.3 is 10.1 Å². The summed E-state index contributed by atoms with van der Waals surface area (Å²) in [6, 6.07) is 21.6. The molecule has 3 aromatic rings. The first kappa shape index (κ1) is 24.4. The van der Waals surface area contributed by atoms with Crippen molar-refractivity contribution in [3.63, 3.8) is 0 Å². The number of nitrogens with zero attached hydrogens (tertiary/aromatic N) is 1. The second-order valence-corrected chi connectivity index (χ2v) is 10.4. The molecule has 0 saturated carbocycles. The van der Waals surface area contributed by atoms with Crippen LogP contribution >= 0.6 is 11.3 Å². The third-order valence-corrected chi connectivity index (χ3v) is 7.45. The largest absolute Gasteiger partial charge is 0.381 e. The van der Waals surface area contributed by atoms with E-state index in [2.05, 4.69) is 79.6 Å². The van der Waals surface area contributed by atoms with Crippen molar-refractivity contribution in [2.45, 2.75) is 45.2 Å². The molecule has 1 fully saturated rings. The van der Waals surface area contributed by atoms with Crippen LogP contribution in [0.5, 0.6) is 0 Å². The van der Waals surface area contributed by atoms with Crippen LogP contribution in [-0.2, 0) is 16.1 Å². The minimum Gasteiger partial charge on any atom is -0.381 e. The van der Waals surface area contributed by atoms with Gasteiger partial charge >= 0.3 is 0 Å². The fourth-order valence-corrected chi connectivity index (χ4v) is 5.12. The van der Waals surface area contributed by atoms with Gasteiger partial charge in [-0.2, -0.15) is 0 Å². The molecular formula is C29H34N2O2S. The van der Waals surface area contributed by atoms with Crippen LogP contribution in [0, 0.1) is 0 Å². The van der Waals surface area contributed by atoms with Gasteiger partial charge in [-0.25, -0.2) is 0 Å². The summed E-state index contributed by atoms with van der Waals surface area (Å²) in [6.45, 7) is 7.02. The fraction of sp³-hybridized carbons (Fsp3) is 0.345. The Hall–Kier alpha value is -2.73. The topological polar surface area (TPSA) is 41.6 Å². The molecule has 0 unspecified atom stereocenters. The molecule has 1 aliphatic heterocycles. The molecule has 0 aliphatic carbocycles. The SMILES string of the molecule is CC(C)c1ccc(-c2ccc(/C=C/C(=O)Nc3ccc(CN(C)C4CCOCC4)cc3)s2)cc1. The maximum atomic E-state index is 12.4. The average molecular weight is 475 g/mol. The molecular weight excluding hydrogens is 440 g/mol. The minimum atomic E-state index is -0.122. The number of hydrogen-bond acceptors (Lipinski definition) is 4. The van der Waals surface area contributed by atoms with Crippen LogP contribution in [0.1, 0.15) is 48.6 Å². The molecule has 2 heterocycles. The van der Waals surface area contributed by atoms with E-state index in [9.17, 15) is 4.79 Å². The van der Waals surface area contributed by atoms with Crippen molar-refractivity contribution in [1.82, 2.24) is 4.90 Å². The molecule has 4 nitrogen and oxygen atoms in total. The highest BCUT2D eigenvalue weighted by Gasteiger charge is 2.18. The molecule has 34 heavy (non-hydrogen) atoms. The normalized spacial score (nSPS) is 14.9. The van der Waals surface area contributed by atoms with Crippen molar-refractivity contribution in [2.24, 2.45) is 0 Å². The maximum absolute atomic E-state index is 12.4. The Morgan fingerprint density at radius 1 is 1.06 bits per heavy atom. The number of hydrogen-bond donors (Lipinski definition) is 1. The minimum absolute atomic E-state index is 0.122. The molecule has 0 atom stereocenters. The lowest BCUT2D eigenvalue weighted by Crippen LogP contribution is -2.36. The van der Waals surface area contributed by atoms with Gasteiger partial charge in [0.15, 0.2) is 0 Å². The Kier molecular flexibility index (Phi) is 8.33. The van der Waals surface area contributed by atoms with Crippen molar-refractivity contribution in [3.05, 3.63) is 82.7 Å². The van der Waals surface area contributed by atoms with Crippen molar-refractivity contribution in [1.29, 1.82) is 0 Å². The summed E-state index contributed by atoms with van der Waals surface area (Å²) in [5, 5.41) is 2.96. The highest BCUT2D eigenvalue weighted by Crippen LogP contribution is 2.30. The number of carbonyl (C=O) groups is 1. The van der Waals surface area contributed by atoms with Crippen LogP contribution in [-0.4, -0.2) is 37.1 Å². The highest BCUT2D eigenvalue weighted by atomic mass is 32.1. The number of anilines is 1. The fourth-order valence-electron chi connectivity index (χ4n) is 4.21. The van der Waals surface area contributed by atoms with Gasteiger partial charge in [-0.3, -0.25) is 9.69 Å². The van der Waals surface area contributed by atoms with Crippen molar-refractivity contribution in [3.8, 4) is 10.4 Å². The van der Waals surface area contributed by atoms with E-state index in [-0.39, 0.29) is 5.91 Å². The van der Waals surface area contributed by atoms with E-state index in [0.29, 0.717) is 12.0 Å². The smallest absolute Gasteiger partial charge is 0.248 e. The van der Waals surface area contributed by atoms with Gasteiger partial charge in [0.2, 0.25) is 5.91 Å². The van der Waals surface area contributed by atoms with Crippen LogP contribution in [0.25, 0.3) is 16.5 Å². The number of rotatable bonds is 8. The van der Waals surface area contributed by atoms with E-state index in [4.69, 9.17) is 4.74 Å². The Balaban J connectivity index is 1.29. The number of ether oxygens (including phenoxy) is 1. The summed E-state index contributed by atoms with van der Waals surface area (Å²) in [5.74, 6) is 0.410. The Labute approximate surface area is 207 Å². The number of thiophene rings is 1. The van der Waals surface area contributed by atoms with Crippen molar-refractivity contribution in [2.75, 3.05) is 25.6 Å². The van der Waals surface area contributed by atoms with Gasteiger partial charge in [-0.15, -0.1) is 11.3 Å². The van der Waals surface area contributed by atoms with Crippen molar-refractivity contribution >= 4 is 29.0 Å². The lowest BCUT2D eigenvalue weighted by molar-refractivity contribution is -0.111. The second-order valence-electron chi connectivity index (χ2n) is 9.26. The predicted molar refractivity (Wildman–Crippen MR) is 143 cm³/mol. The van der Waals surface area contributed by atoms with Gasteiger partial charge in [0.25, 0.3) is 0 Å². The third-order valence-electron chi connectivity index (χ3n) is 6.36. The number of carbonyl (C=O) groups excluding carboxylic acids is 1. The Bertz CT molecular complexity index is 1090. The van der Waals surface area contributed by atoms with Crippen LogP contribution in [0.2, 0.25) is 0 Å². The molecule has 4 rings (SSSR count). The van der Waals surface area contributed by atoms with Gasteiger partial charge in [0, 0.05) is 47.3 Å². The summed E-state index contributed by atoms with van der Waals surface area (Å²) in [4.78, 5) is 17.1. The van der Waals surface area contributed by atoms with Crippen LogP contribution in [0.4, 0.5) is 5.69 Å². The molecule has 1 saturated heterocycles. The molecule has 1 amide bonds. The van der Waals surface area contributed by atoms with E-state index in [1.807, 2.05) is 18.2 Å². The van der Waals surface area contributed by atoms with Crippen LogP contribution in [0.15, 0.2) is 66.7 Å². The van der Waals surface area contributed by atoms with Gasteiger partial charge in [-0.1, -0.05) is 50.2 Å². The monoisotopic (exact) mass is 474 g/mol. The quantitative estimate of drug-likeness (QED) is 0.365. The molecule has 1 aliphatic rings. The lowest BCUT2D eigenvalue weighted by Gasteiger charge is -2.31. The number of nitrogens with one attached hydrogen (secondary N) is 1. The number of amides is 1. The summed E-state index contributed by atoms with van der Waals surface area (Å²) in [6.07, 6.45) is 5.66. The summed E-state index contributed by atoms with van der Waals surface area (Å²) < 4.78 is 5.46. The van der Waals surface area contributed by atoms with E-state index in [0.717, 1.165) is 43.2 Å². The molecule has 5 heteroatoms. The first-order valence-corrected chi connectivity index (χ1v) is 12.9. The molecule has 0 spiro atoms. The zero-order chi connectivity index (χ0) is 23.9. The molecule has 1 aromatic heterocycles. The summed E-state index contributed by atoms with van der Waals surface area (Å²) in [7, 11) is 2.17. The van der Waals surface area contributed by atoms with Gasteiger partial charge in [-0.05, 0) is 72.8 Å². The van der Waals surface area contributed by atoms with E-state index in [1.165, 1.54) is 21.6 Å². The average Bonchev–Trinajstić information content (AvgIpc) is 3.34. The Morgan fingerprint density at radius 2 is 1.76 bits per heavy atom. The molecule has 178 valence electrons. The van der Waals surface area contributed by atoms with Gasteiger partial charge in [0.1, 0.15) is 0 Å². The predicted octanol–water partition coefficient (Wildman–Crippen LogP) is 6.80. The van der Waals surface area contributed by atoms with Crippen LogP contribution in [0.3, 0.4) is 0 Å². The summed E-state index contributed by atoms with van der Waals surface area (Å²) in [5.41, 5.74) is 4.61. The standard InChI is InChI=1S/C29H34N2O2S/c1-21(2)23-6-8-24(9-7-23)28-14-12-27(34-28)13-15-29(32)30-25-10-4-22(5-11-25)20-31(3)26-16-18-33-19-17-26/h4-15,21,26H,16-20H2,1-3H3,(H,30,32)/b15-13+. The second kappa shape index (κ2) is 11.6. The Morgan fingerprint density at radius 3 is 2.44 bits per heavy atom. The number of benzene rings is 2. The highest BCUT2D eigenvalue weighted by molar-refractivity contribution is 7.16. The zero-order valence-electron chi connectivity index (χ0n) is 20.3. The maximum Gasteiger partial charge on any atom is 0.248 e. The lowest BCUT2D eigenvalue weighted by atomic mass is 10.0. The molecule has 2 aromatic carbocycles. The molecule has 0 radical (unpaired) electrons. The van der Waals surface area contributed by atoms with Gasteiger partial charge in [0.05, 0.1) is 0 Å². The first-order chi connectivity index (χ1) is 16.5. The van der Waals surface area contributed by atoms with Crippen LogP contribution < -0.4 is 5.32 Å². The third kappa shape index (κ3) is 6.66. The molecule has 1 N–H and O–H groups in total. The van der Waals surface area contributed by atoms with Crippen molar-refractivity contribution < 1.29 is 9.53 Å². The van der Waals surface area contributed by atoms with E-state index in [1.54, 1.807) is 17.4 Å². The van der Waals surface area contributed by atoms with E-state index >= 15 is 0 Å².